The van der Waals surface area contributed by atoms with E-state index in [-0.39, 0.29) is 18.1 Å². The summed E-state index contributed by atoms with van der Waals surface area (Å²) in [7, 11) is 1.70. The number of ether oxygens (including phenoxy) is 1. The van der Waals surface area contributed by atoms with Gasteiger partial charge in [0.05, 0.1) is 5.56 Å². The number of halogens is 1. The minimum absolute atomic E-state index is 0.163. The lowest BCUT2D eigenvalue weighted by Crippen LogP contribution is -2.55. The number of nitrogens with zero attached hydrogens (tertiary/aromatic N) is 5. The van der Waals surface area contributed by atoms with Crippen molar-refractivity contribution in [2.24, 2.45) is 0 Å². The zero-order chi connectivity index (χ0) is 25.6. The molecule has 2 fully saturated rings. The fourth-order valence-corrected chi connectivity index (χ4v) is 5.90. The zero-order valence-electron chi connectivity index (χ0n) is 21.4. The van der Waals surface area contributed by atoms with Crippen molar-refractivity contribution in [3.8, 4) is 0 Å². The number of benzene rings is 1. The maximum atomic E-state index is 12.2. The number of aromatic nitrogens is 2. The van der Waals surface area contributed by atoms with Crippen LogP contribution in [0.25, 0.3) is 0 Å². The molecule has 0 aliphatic carbocycles. The van der Waals surface area contributed by atoms with Crippen molar-refractivity contribution in [3.05, 3.63) is 59.0 Å². The molecule has 3 unspecified atom stereocenters. The van der Waals surface area contributed by atoms with Gasteiger partial charge in [0.25, 0.3) is 0 Å². The molecule has 2 bridgehead atoms. The maximum absolute atomic E-state index is 12.2. The van der Waals surface area contributed by atoms with Gasteiger partial charge in [0.1, 0.15) is 24.1 Å². The summed E-state index contributed by atoms with van der Waals surface area (Å²) in [5.41, 5.74) is 3.24. The molecule has 0 radical (unpaired) electrons. The zero-order valence-corrected chi connectivity index (χ0v) is 22.2. The summed E-state index contributed by atoms with van der Waals surface area (Å²) >= 11 is 6.18. The van der Waals surface area contributed by atoms with Gasteiger partial charge in [0.2, 0.25) is 0 Å². The molecule has 3 aliphatic rings. The summed E-state index contributed by atoms with van der Waals surface area (Å²) in [5.74, 6) is 1.69. The first-order chi connectivity index (χ1) is 17.2. The van der Waals surface area contributed by atoms with Crippen molar-refractivity contribution in [1.29, 1.82) is 0 Å². The van der Waals surface area contributed by atoms with Crippen molar-refractivity contribution in [2.45, 2.75) is 63.8 Å². The van der Waals surface area contributed by atoms with Gasteiger partial charge < -0.3 is 19.9 Å². The van der Waals surface area contributed by atoms with Crippen LogP contribution in [0.15, 0.2) is 42.9 Å². The van der Waals surface area contributed by atoms with Crippen LogP contribution in [0.5, 0.6) is 0 Å². The molecule has 4 atom stereocenters. The average molecular weight is 511 g/mol. The van der Waals surface area contributed by atoms with E-state index in [0.717, 1.165) is 54.6 Å². The van der Waals surface area contributed by atoms with Crippen molar-refractivity contribution in [2.75, 3.05) is 36.5 Å². The number of nitrogens with one attached hydrogen (secondary N) is 1. The number of piperazine rings is 1. The van der Waals surface area contributed by atoms with Crippen LogP contribution in [0.1, 0.15) is 56.8 Å². The molecule has 1 aromatic heterocycles. The number of fused-ring (bicyclic) bond motifs is 3. The molecule has 3 aliphatic heterocycles. The molecule has 5 rings (SSSR count). The van der Waals surface area contributed by atoms with Gasteiger partial charge in [-0.3, -0.25) is 4.90 Å². The van der Waals surface area contributed by atoms with E-state index in [1.165, 1.54) is 10.5 Å². The molecule has 36 heavy (non-hydrogen) atoms. The van der Waals surface area contributed by atoms with E-state index in [1.807, 2.05) is 19.1 Å². The number of hydrogen-bond acceptors (Lipinski definition) is 7. The molecule has 1 aromatic carbocycles. The molecular weight excluding hydrogens is 476 g/mol. The lowest BCUT2D eigenvalue weighted by molar-refractivity contribution is 0.108. The van der Waals surface area contributed by atoms with Gasteiger partial charge in [-0.2, -0.15) is 0 Å². The predicted molar refractivity (Wildman–Crippen MR) is 143 cm³/mol. The highest BCUT2D eigenvalue weighted by Crippen LogP contribution is 2.43. The van der Waals surface area contributed by atoms with Gasteiger partial charge in [-0.15, -0.1) is 0 Å². The Balaban J connectivity index is 1.40. The monoisotopic (exact) mass is 510 g/mol. The minimum atomic E-state index is -0.385. The van der Waals surface area contributed by atoms with Crippen LogP contribution < -0.4 is 15.1 Å². The fraction of sp³-hybridized carbons (Fsp3) is 0.519. The van der Waals surface area contributed by atoms with Gasteiger partial charge in [-0.1, -0.05) is 44.2 Å². The molecule has 1 amide bonds. The highest BCUT2D eigenvalue weighted by atomic mass is 35.5. The van der Waals surface area contributed by atoms with Crippen LogP contribution in [0.2, 0.25) is 5.02 Å². The third-order valence-corrected chi connectivity index (χ3v) is 7.91. The second kappa shape index (κ2) is 9.90. The summed E-state index contributed by atoms with van der Waals surface area (Å²) < 4.78 is 5.58. The van der Waals surface area contributed by atoms with Crippen LogP contribution in [0, 0.1) is 0 Å². The number of amides is 1. The Hall–Kier alpha value is -2.84. The van der Waals surface area contributed by atoms with Crippen LogP contribution >= 0.6 is 11.6 Å². The Morgan fingerprint density at radius 1 is 1.17 bits per heavy atom. The first-order valence-corrected chi connectivity index (χ1v) is 13.1. The van der Waals surface area contributed by atoms with Crippen molar-refractivity contribution in [3.63, 3.8) is 0 Å². The van der Waals surface area contributed by atoms with Crippen molar-refractivity contribution in [1.82, 2.24) is 20.2 Å². The number of likely N-dealkylation sites (tertiary alicyclic amines) is 1. The standard InChI is InChI=1S/C27H35ClN6O2/c1-16(2)29-12-23(19-6-8-20(28)9-7-19)17(3)33-13-21-10-11-22(14-33)34(21)26-24-18(4)36-27(35)32(5)25(24)30-15-31-26/h6-9,15-16,18,21-23,29H,3,10-14H2,1-2,4-5H3/t18?,21?,22?,23-/m0/s1. The third-order valence-electron chi connectivity index (χ3n) is 7.66. The van der Waals surface area contributed by atoms with Crippen LogP contribution in [0.3, 0.4) is 0 Å². The van der Waals surface area contributed by atoms with Crippen LogP contribution in [-0.2, 0) is 4.74 Å². The minimum Gasteiger partial charge on any atom is -0.441 e. The average Bonchev–Trinajstić information content (AvgIpc) is 3.11. The lowest BCUT2D eigenvalue weighted by atomic mass is 9.94. The normalized spacial score (nSPS) is 24.1. The third kappa shape index (κ3) is 4.52. The summed E-state index contributed by atoms with van der Waals surface area (Å²) in [6.07, 6.45) is 2.98. The largest absolute Gasteiger partial charge is 0.441 e. The van der Waals surface area contributed by atoms with E-state index < -0.39 is 0 Å². The first-order valence-electron chi connectivity index (χ1n) is 12.7. The summed E-state index contributed by atoms with van der Waals surface area (Å²) in [6.45, 7) is 13.4. The van der Waals surface area contributed by atoms with E-state index in [2.05, 4.69) is 52.7 Å². The van der Waals surface area contributed by atoms with Crippen LogP contribution in [-0.4, -0.2) is 65.8 Å². The predicted octanol–water partition coefficient (Wildman–Crippen LogP) is 4.73. The van der Waals surface area contributed by atoms with Gasteiger partial charge in [0.15, 0.2) is 0 Å². The van der Waals surface area contributed by atoms with E-state index in [0.29, 0.717) is 23.9 Å². The summed E-state index contributed by atoms with van der Waals surface area (Å²) in [4.78, 5) is 27.7. The molecule has 9 heteroatoms. The maximum Gasteiger partial charge on any atom is 0.415 e. The highest BCUT2D eigenvalue weighted by Gasteiger charge is 2.44. The van der Waals surface area contributed by atoms with Gasteiger partial charge >= 0.3 is 6.09 Å². The summed E-state index contributed by atoms with van der Waals surface area (Å²) in [5, 5.41) is 4.35. The molecular formula is C27H35ClN6O2. The van der Waals surface area contributed by atoms with E-state index in [1.54, 1.807) is 13.4 Å². The topological polar surface area (TPSA) is 73.8 Å². The second-order valence-corrected chi connectivity index (χ2v) is 10.8. The Morgan fingerprint density at radius 2 is 1.81 bits per heavy atom. The number of rotatable bonds is 7. The quantitative estimate of drug-likeness (QED) is 0.577. The van der Waals surface area contributed by atoms with Gasteiger partial charge in [0, 0.05) is 61.4 Å². The molecule has 2 saturated heterocycles. The van der Waals surface area contributed by atoms with Gasteiger partial charge in [-0.25, -0.2) is 14.8 Å². The Morgan fingerprint density at radius 3 is 2.44 bits per heavy atom. The number of hydrogen-bond donors (Lipinski definition) is 1. The van der Waals surface area contributed by atoms with E-state index >= 15 is 0 Å². The molecule has 0 spiro atoms. The fourth-order valence-electron chi connectivity index (χ4n) is 5.77. The van der Waals surface area contributed by atoms with E-state index in [4.69, 9.17) is 21.3 Å². The Labute approximate surface area is 218 Å². The molecule has 4 heterocycles. The number of anilines is 2. The number of carbonyl (C=O) groups is 1. The van der Waals surface area contributed by atoms with Crippen LogP contribution in [0.4, 0.5) is 16.4 Å². The Bertz CT molecular complexity index is 1130. The summed E-state index contributed by atoms with van der Waals surface area (Å²) in [6, 6.07) is 9.12. The highest BCUT2D eigenvalue weighted by molar-refractivity contribution is 6.30. The molecule has 0 saturated carbocycles. The molecule has 192 valence electrons. The molecule has 8 nitrogen and oxygen atoms in total. The van der Waals surface area contributed by atoms with Crippen molar-refractivity contribution >= 4 is 29.3 Å². The lowest BCUT2D eigenvalue weighted by Gasteiger charge is -2.46. The molecule has 1 N–H and O–H groups in total. The number of cyclic esters (lactones) is 1. The van der Waals surface area contributed by atoms with Crippen molar-refractivity contribution < 1.29 is 9.53 Å². The second-order valence-electron chi connectivity index (χ2n) is 10.4. The van der Waals surface area contributed by atoms with E-state index in [9.17, 15) is 4.79 Å². The smallest absolute Gasteiger partial charge is 0.415 e. The molecule has 2 aromatic rings. The SMILES string of the molecule is C=C([C@H](CNC(C)C)c1ccc(Cl)cc1)N1CC2CCC(C1)N2c1ncnc2c1C(C)OC(=O)N2C. The van der Waals surface area contributed by atoms with Gasteiger partial charge in [-0.05, 0) is 37.5 Å². The first kappa shape index (κ1) is 24.8. The Kier molecular flexibility index (Phi) is 6.83. The number of carbonyl (C=O) groups excluding carboxylic acids is 1.